The third kappa shape index (κ3) is 10.2. The van der Waals surface area contributed by atoms with E-state index in [0.29, 0.717) is 11.1 Å². The van der Waals surface area contributed by atoms with Gasteiger partial charge in [0.15, 0.2) is 18.0 Å². The van der Waals surface area contributed by atoms with Crippen molar-refractivity contribution in [1.29, 1.82) is 0 Å². The molecule has 8 nitrogen and oxygen atoms in total. The van der Waals surface area contributed by atoms with Crippen molar-refractivity contribution in [3.63, 3.8) is 0 Å². The first kappa shape index (κ1) is 46.6. The number of esters is 2. The Morgan fingerprint density at radius 2 is 0.609 bits per heavy atom. The Morgan fingerprint density at radius 3 is 0.841 bits per heavy atom. The van der Waals surface area contributed by atoms with Crippen LogP contribution < -0.4 is 0 Å². The molecule has 1 fully saturated rings. The molecule has 1 saturated heterocycles. The predicted molar refractivity (Wildman–Crippen MR) is 265 cm³/mol. The fourth-order valence-corrected chi connectivity index (χ4v) is 9.30. The molecule has 0 saturated carbocycles. The van der Waals surface area contributed by atoms with Gasteiger partial charge >= 0.3 is 11.9 Å². The van der Waals surface area contributed by atoms with Crippen LogP contribution in [0.2, 0.25) is 0 Å². The van der Waals surface area contributed by atoms with Crippen LogP contribution >= 0.6 is 0 Å². The summed E-state index contributed by atoms with van der Waals surface area (Å²) in [5, 5.41) is 0. The van der Waals surface area contributed by atoms with E-state index in [1.807, 2.05) is 194 Å². The van der Waals surface area contributed by atoms with Crippen molar-refractivity contribution in [2.75, 3.05) is 13.2 Å². The molecule has 1 aliphatic rings. The molecule has 0 amide bonds. The number of ether oxygens (including phenoxy) is 6. The number of hydrogen-bond acceptors (Lipinski definition) is 8. The summed E-state index contributed by atoms with van der Waals surface area (Å²) >= 11 is 0. The summed E-state index contributed by atoms with van der Waals surface area (Å²) in [7, 11) is 0. The van der Waals surface area contributed by atoms with Gasteiger partial charge in [0.2, 0.25) is 0 Å². The number of carbonyl (C=O) groups excluding carboxylic acids is 2. The molecule has 0 bridgehead atoms. The molecule has 4 atom stereocenters. The van der Waals surface area contributed by atoms with Gasteiger partial charge in [-0.2, -0.15) is 0 Å². The Labute approximate surface area is 404 Å². The zero-order valence-corrected chi connectivity index (χ0v) is 38.6. The maximum atomic E-state index is 14.4. The van der Waals surface area contributed by atoms with Crippen LogP contribution in [0.4, 0.5) is 0 Å². The van der Waals surface area contributed by atoms with Gasteiger partial charge in [-0.25, -0.2) is 9.59 Å². The Hall–Kier alpha value is -7.46. The Bertz CT molecular complexity index is 2460. The molecular formula is C61H54O8. The number of carbonyl (C=O) groups is 2. The highest BCUT2D eigenvalue weighted by molar-refractivity contribution is 5.90. The third-order valence-corrected chi connectivity index (χ3v) is 12.4. The van der Waals surface area contributed by atoms with E-state index in [-0.39, 0.29) is 13.2 Å². The van der Waals surface area contributed by atoms with Crippen LogP contribution in [0.5, 0.6) is 0 Å². The van der Waals surface area contributed by atoms with Crippen molar-refractivity contribution in [3.8, 4) is 0 Å². The number of rotatable bonds is 18. The molecule has 0 spiro atoms. The largest absolute Gasteiger partial charge is 0.453 e. The lowest BCUT2D eigenvalue weighted by Gasteiger charge is -2.39. The van der Waals surface area contributed by atoms with Gasteiger partial charge in [-0.1, -0.05) is 218 Å². The van der Waals surface area contributed by atoms with Crippen molar-refractivity contribution in [3.05, 3.63) is 287 Å². The van der Waals surface area contributed by atoms with Crippen molar-refractivity contribution in [1.82, 2.24) is 0 Å². The average Bonchev–Trinajstić information content (AvgIpc) is 3.75. The zero-order chi connectivity index (χ0) is 47.5. The standard InChI is InChI=1S/C61H54O8/c1-59(2)68-55(53(66-57(62)45-27-11-3-12-28-45)43-64-60(47-31-15-5-16-32-47,48-33-17-6-18-34-48)49-35-19-7-20-36-49)56(69-59)54(67-58(63)46-29-13-4-14-30-46)44-65-61(50-37-21-8-22-38-50,51-39-23-9-24-40-51)52-41-25-10-26-42-52/h3-42,53-56H,43-44H2,1-2H3/t53-,54-,55-,56-/m1/s1. The maximum absolute atomic E-state index is 14.4. The molecule has 8 aromatic carbocycles. The Kier molecular flexibility index (Phi) is 14.4. The molecule has 69 heavy (non-hydrogen) atoms. The highest BCUT2D eigenvalue weighted by Gasteiger charge is 2.53. The lowest BCUT2D eigenvalue weighted by atomic mass is 9.80. The average molecular weight is 915 g/mol. The Morgan fingerprint density at radius 1 is 0.391 bits per heavy atom. The highest BCUT2D eigenvalue weighted by atomic mass is 16.8. The third-order valence-electron chi connectivity index (χ3n) is 12.4. The van der Waals surface area contributed by atoms with Crippen LogP contribution in [0.3, 0.4) is 0 Å². The summed E-state index contributed by atoms with van der Waals surface area (Å²) < 4.78 is 41.7. The smallest absolute Gasteiger partial charge is 0.338 e. The lowest BCUT2D eigenvalue weighted by Crippen LogP contribution is -2.51. The summed E-state index contributed by atoms with van der Waals surface area (Å²) in [4.78, 5) is 28.8. The van der Waals surface area contributed by atoms with Crippen molar-refractivity contribution in [2.24, 2.45) is 0 Å². The van der Waals surface area contributed by atoms with Gasteiger partial charge < -0.3 is 28.4 Å². The second kappa shape index (κ2) is 21.2. The maximum Gasteiger partial charge on any atom is 0.338 e. The summed E-state index contributed by atoms with van der Waals surface area (Å²) in [6.45, 7) is 3.22. The summed E-state index contributed by atoms with van der Waals surface area (Å²) in [6, 6.07) is 77.4. The first-order chi connectivity index (χ1) is 33.8. The van der Waals surface area contributed by atoms with Crippen LogP contribution in [-0.4, -0.2) is 55.4 Å². The molecule has 346 valence electrons. The van der Waals surface area contributed by atoms with E-state index in [0.717, 1.165) is 33.4 Å². The molecular weight excluding hydrogens is 861 g/mol. The van der Waals surface area contributed by atoms with Crippen LogP contribution in [-0.2, 0) is 39.6 Å². The quantitative estimate of drug-likeness (QED) is 0.0621. The normalized spacial score (nSPS) is 16.5. The SMILES string of the molecule is CC1(C)O[C@H]([C@@H](COC(c2ccccc2)(c2ccccc2)c2ccccc2)OC(=O)c2ccccc2)[C@@H]([C@@H](COC(c2ccccc2)(c2ccccc2)c2ccccc2)OC(=O)c2ccccc2)O1. The predicted octanol–water partition coefficient (Wildman–Crippen LogP) is 12.0. The van der Waals surface area contributed by atoms with Crippen LogP contribution in [0, 0.1) is 0 Å². The van der Waals surface area contributed by atoms with Gasteiger partial charge in [0.25, 0.3) is 0 Å². The highest BCUT2D eigenvalue weighted by Crippen LogP contribution is 2.44. The fourth-order valence-electron chi connectivity index (χ4n) is 9.30. The van der Waals surface area contributed by atoms with E-state index in [1.165, 1.54) is 0 Å². The van der Waals surface area contributed by atoms with Crippen molar-refractivity contribution >= 4 is 11.9 Å². The van der Waals surface area contributed by atoms with Gasteiger partial charge in [0.1, 0.15) is 23.4 Å². The van der Waals surface area contributed by atoms with Crippen LogP contribution in [0.25, 0.3) is 0 Å². The summed E-state index contributed by atoms with van der Waals surface area (Å²) in [6.07, 6.45) is -4.41. The second-order valence-electron chi connectivity index (χ2n) is 17.4. The molecule has 0 radical (unpaired) electrons. The molecule has 8 heteroatoms. The second-order valence-corrected chi connectivity index (χ2v) is 17.4. The molecule has 1 aliphatic heterocycles. The van der Waals surface area contributed by atoms with Crippen LogP contribution in [0.1, 0.15) is 67.9 Å². The van der Waals surface area contributed by atoms with Gasteiger partial charge in [-0.3, -0.25) is 0 Å². The monoisotopic (exact) mass is 914 g/mol. The molecule has 1 heterocycles. The van der Waals surface area contributed by atoms with Gasteiger partial charge in [0, 0.05) is 0 Å². The fraction of sp³-hybridized carbons (Fsp3) is 0.180. The first-order valence-corrected chi connectivity index (χ1v) is 23.3. The molecule has 0 unspecified atom stereocenters. The van der Waals surface area contributed by atoms with Crippen molar-refractivity contribution < 1.29 is 38.0 Å². The Balaban J connectivity index is 1.17. The van der Waals surface area contributed by atoms with Gasteiger partial charge in [-0.15, -0.1) is 0 Å². The first-order valence-electron chi connectivity index (χ1n) is 23.3. The summed E-state index contributed by atoms with van der Waals surface area (Å²) in [5.74, 6) is -2.44. The van der Waals surface area contributed by atoms with E-state index in [9.17, 15) is 9.59 Å². The summed E-state index contributed by atoms with van der Waals surface area (Å²) in [5.41, 5.74) is 3.46. The topological polar surface area (TPSA) is 89.5 Å². The molecule has 8 aromatic rings. The van der Waals surface area contributed by atoms with E-state index in [4.69, 9.17) is 28.4 Å². The molecule has 9 rings (SSSR count). The molecule has 0 aromatic heterocycles. The lowest BCUT2D eigenvalue weighted by molar-refractivity contribution is -0.168. The number of hydrogen-bond donors (Lipinski definition) is 0. The van der Waals surface area contributed by atoms with Crippen LogP contribution in [0.15, 0.2) is 243 Å². The van der Waals surface area contributed by atoms with E-state index in [1.54, 1.807) is 62.4 Å². The van der Waals surface area contributed by atoms with Gasteiger partial charge in [-0.05, 0) is 71.5 Å². The minimum Gasteiger partial charge on any atom is -0.453 e. The van der Waals surface area contributed by atoms with E-state index in [2.05, 4.69) is 0 Å². The van der Waals surface area contributed by atoms with Crippen molar-refractivity contribution in [2.45, 2.75) is 55.3 Å². The zero-order valence-electron chi connectivity index (χ0n) is 38.6. The minimum atomic E-state index is -1.26. The molecule has 0 N–H and O–H groups in total. The number of benzene rings is 8. The minimum absolute atomic E-state index is 0.181. The molecule has 0 aliphatic carbocycles. The van der Waals surface area contributed by atoms with E-state index < -0.39 is 53.3 Å². The van der Waals surface area contributed by atoms with Gasteiger partial charge in [0.05, 0.1) is 24.3 Å². The van der Waals surface area contributed by atoms with E-state index >= 15 is 0 Å².